The first-order valence-electron chi connectivity index (χ1n) is 12.7. The van der Waals surface area contributed by atoms with E-state index in [1.807, 2.05) is 73.6 Å². The number of hydrogen-bond donors (Lipinski definition) is 0. The Bertz CT molecular complexity index is 1220. The van der Waals surface area contributed by atoms with E-state index in [0.717, 1.165) is 46.7 Å². The van der Waals surface area contributed by atoms with Crippen LogP contribution < -0.4 is 19.3 Å². The average molecular weight is 505 g/mol. The van der Waals surface area contributed by atoms with E-state index in [0.29, 0.717) is 17.2 Å². The third kappa shape index (κ3) is 4.90. The number of anilines is 2. The normalized spacial score (nSPS) is 18.1. The van der Waals surface area contributed by atoms with Gasteiger partial charge in [0.25, 0.3) is 0 Å². The summed E-state index contributed by atoms with van der Waals surface area (Å²) in [5, 5.41) is 0.666. The number of methoxy groups -OCH3 is 1. The summed E-state index contributed by atoms with van der Waals surface area (Å²) < 4.78 is 12.2. The van der Waals surface area contributed by atoms with Crippen molar-refractivity contribution in [2.75, 3.05) is 31.0 Å². The minimum atomic E-state index is -0.302. The van der Waals surface area contributed by atoms with E-state index in [9.17, 15) is 4.79 Å². The third-order valence-electron chi connectivity index (χ3n) is 7.26. The van der Waals surface area contributed by atoms with Crippen LogP contribution in [0, 0.1) is 0 Å². The predicted molar refractivity (Wildman–Crippen MR) is 146 cm³/mol. The molecular formula is C30H33ClN2O3. The molecule has 3 aromatic rings. The van der Waals surface area contributed by atoms with Gasteiger partial charge < -0.3 is 19.3 Å². The number of halogens is 1. The lowest BCUT2D eigenvalue weighted by Gasteiger charge is -2.38. The number of benzene rings is 3. The van der Waals surface area contributed by atoms with Crippen LogP contribution in [0.4, 0.5) is 11.4 Å². The van der Waals surface area contributed by atoms with E-state index in [-0.39, 0.29) is 18.1 Å². The second kappa shape index (κ2) is 10.4. The molecule has 0 saturated heterocycles. The van der Waals surface area contributed by atoms with Crippen LogP contribution >= 0.6 is 11.6 Å². The van der Waals surface area contributed by atoms with Gasteiger partial charge in [-0.3, -0.25) is 4.79 Å². The van der Waals surface area contributed by atoms with Crippen molar-refractivity contribution in [1.29, 1.82) is 0 Å². The van der Waals surface area contributed by atoms with Gasteiger partial charge in [-0.25, -0.2) is 0 Å². The number of carbonyl (C=O) groups is 1. The zero-order valence-electron chi connectivity index (χ0n) is 21.2. The Morgan fingerprint density at radius 3 is 2.25 bits per heavy atom. The molecule has 0 aromatic heterocycles. The molecule has 1 unspecified atom stereocenters. The van der Waals surface area contributed by atoms with Gasteiger partial charge in [0.1, 0.15) is 0 Å². The number of hydrogen-bond acceptors (Lipinski definition) is 4. The molecule has 1 amide bonds. The fourth-order valence-corrected chi connectivity index (χ4v) is 5.47. The molecule has 1 atom stereocenters. The van der Waals surface area contributed by atoms with E-state index in [2.05, 4.69) is 11.0 Å². The van der Waals surface area contributed by atoms with Crippen molar-refractivity contribution >= 4 is 28.9 Å². The van der Waals surface area contributed by atoms with Gasteiger partial charge in [-0.15, -0.1) is 0 Å². The van der Waals surface area contributed by atoms with E-state index < -0.39 is 0 Å². The number of nitrogens with zero attached hydrogens (tertiary/aromatic N) is 2. The molecule has 2 aliphatic rings. The molecule has 1 aliphatic carbocycles. The highest BCUT2D eigenvalue weighted by Gasteiger charge is 2.36. The maximum Gasteiger partial charge on any atom is 0.232 e. The molecule has 0 radical (unpaired) electrons. The Balaban J connectivity index is 1.62. The van der Waals surface area contributed by atoms with E-state index >= 15 is 0 Å². The van der Waals surface area contributed by atoms with Crippen molar-refractivity contribution in [2.45, 2.75) is 50.7 Å². The summed E-state index contributed by atoms with van der Waals surface area (Å²) in [5.41, 5.74) is 4.97. The first kappa shape index (κ1) is 24.5. The van der Waals surface area contributed by atoms with Gasteiger partial charge >= 0.3 is 0 Å². The molecular weight excluding hydrogens is 472 g/mol. The average Bonchev–Trinajstić information content (AvgIpc) is 2.89. The Labute approximate surface area is 218 Å². The minimum absolute atomic E-state index is 0.0445. The monoisotopic (exact) mass is 504 g/mol. The molecule has 188 valence electrons. The SMILES string of the molecule is COc1cc2c(cc1OC1CCCCC1)C(c1ccc(Cl)cc1)N(c1ccc(N(C)C)cc1)C(=O)C2. The highest BCUT2D eigenvalue weighted by molar-refractivity contribution is 6.30. The molecule has 1 fully saturated rings. The number of amides is 1. The molecule has 1 aliphatic heterocycles. The van der Waals surface area contributed by atoms with Crippen molar-refractivity contribution < 1.29 is 14.3 Å². The zero-order valence-corrected chi connectivity index (χ0v) is 21.9. The van der Waals surface area contributed by atoms with Gasteiger partial charge in [-0.2, -0.15) is 0 Å². The third-order valence-corrected chi connectivity index (χ3v) is 7.52. The van der Waals surface area contributed by atoms with E-state index in [1.165, 1.54) is 19.3 Å². The van der Waals surface area contributed by atoms with Crippen molar-refractivity contribution in [3.8, 4) is 11.5 Å². The first-order chi connectivity index (χ1) is 17.4. The van der Waals surface area contributed by atoms with E-state index in [4.69, 9.17) is 21.1 Å². The van der Waals surface area contributed by atoms with Gasteiger partial charge in [0.05, 0.1) is 25.7 Å². The standard InChI is InChI=1S/C30H33ClN2O3/c1-32(2)23-13-15-24(16-14-23)33-29(34)18-21-17-27(35-3)28(36-25-7-5-4-6-8-25)19-26(21)30(33)20-9-11-22(31)12-10-20/h9-17,19,25,30H,4-8,18H2,1-3H3. The summed E-state index contributed by atoms with van der Waals surface area (Å²) in [6.45, 7) is 0. The first-order valence-corrected chi connectivity index (χ1v) is 13.0. The molecule has 0 N–H and O–H groups in total. The second-order valence-electron chi connectivity index (χ2n) is 9.89. The van der Waals surface area contributed by atoms with Crippen LogP contribution in [0.25, 0.3) is 0 Å². The van der Waals surface area contributed by atoms with Crippen molar-refractivity contribution in [2.24, 2.45) is 0 Å². The lowest BCUT2D eigenvalue weighted by atomic mass is 9.86. The van der Waals surface area contributed by atoms with Crippen LogP contribution in [0.5, 0.6) is 11.5 Å². The fraction of sp³-hybridized carbons (Fsp3) is 0.367. The highest BCUT2D eigenvalue weighted by Crippen LogP contribution is 2.44. The van der Waals surface area contributed by atoms with Crippen LogP contribution in [-0.4, -0.2) is 33.2 Å². The summed E-state index contributed by atoms with van der Waals surface area (Å²) in [5.74, 6) is 1.48. The Kier molecular flexibility index (Phi) is 7.10. The molecule has 5 nitrogen and oxygen atoms in total. The van der Waals surface area contributed by atoms with Crippen LogP contribution in [-0.2, 0) is 11.2 Å². The fourth-order valence-electron chi connectivity index (χ4n) is 5.35. The topological polar surface area (TPSA) is 42.0 Å². The lowest BCUT2D eigenvalue weighted by Crippen LogP contribution is -2.41. The Morgan fingerprint density at radius 1 is 0.917 bits per heavy atom. The second-order valence-corrected chi connectivity index (χ2v) is 10.3. The number of ether oxygens (including phenoxy) is 2. The summed E-state index contributed by atoms with van der Waals surface area (Å²) in [7, 11) is 5.68. The summed E-state index contributed by atoms with van der Waals surface area (Å²) in [4.78, 5) is 17.6. The minimum Gasteiger partial charge on any atom is -0.493 e. The maximum atomic E-state index is 13.6. The van der Waals surface area contributed by atoms with Gasteiger partial charge in [0, 0.05) is 30.5 Å². The molecule has 36 heavy (non-hydrogen) atoms. The molecule has 0 bridgehead atoms. The largest absolute Gasteiger partial charge is 0.493 e. The molecule has 1 heterocycles. The molecule has 6 heteroatoms. The number of fused-ring (bicyclic) bond motifs is 1. The van der Waals surface area contributed by atoms with Crippen LogP contribution in [0.2, 0.25) is 5.02 Å². The van der Waals surface area contributed by atoms with Gasteiger partial charge in [0.15, 0.2) is 11.5 Å². The Hall–Kier alpha value is -3.18. The smallest absolute Gasteiger partial charge is 0.232 e. The highest BCUT2D eigenvalue weighted by atomic mass is 35.5. The van der Waals surface area contributed by atoms with Gasteiger partial charge in [0.2, 0.25) is 5.91 Å². The van der Waals surface area contributed by atoms with Crippen LogP contribution in [0.1, 0.15) is 54.8 Å². The Morgan fingerprint density at radius 2 is 1.61 bits per heavy atom. The van der Waals surface area contributed by atoms with Crippen molar-refractivity contribution in [3.63, 3.8) is 0 Å². The molecule has 1 saturated carbocycles. The molecule has 5 rings (SSSR count). The number of carbonyl (C=O) groups excluding carboxylic acids is 1. The summed E-state index contributed by atoms with van der Waals surface area (Å²) >= 11 is 6.23. The summed E-state index contributed by atoms with van der Waals surface area (Å²) in [6.07, 6.45) is 6.26. The van der Waals surface area contributed by atoms with Gasteiger partial charge in [-0.05, 0) is 90.9 Å². The molecule has 0 spiro atoms. The summed E-state index contributed by atoms with van der Waals surface area (Å²) in [6, 6.07) is 19.7. The van der Waals surface area contributed by atoms with Crippen LogP contribution in [0.3, 0.4) is 0 Å². The van der Waals surface area contributed by atoms with Crippen molar-refractivity contribution in [1.82, 2.24) is 0 Å². The quantitative estimate of drug-likeness (QED) is 0.370. The zero-order chi connectivity index (χ0) is 25.2. The lowest BCUT2D eigenvalue weighted by molar-refractivity contribution is -0.118. The van der Waals surface area contributed by atoms with Crippen LogP contribution in [0.15, 0.2) is 60.7 Å². The molecule has 3 aromatic carbocycles. The van der Waals surface area contributed by atoms with Crippen molar-refractivity contribution in [3.05, 3.63) is 82.4 Å². The van der Waals surface area contributed by atoms with Gasteiger partial charge in [-0.1, -0.05) is 30.2 Å². The number of rotatable bonds is 6. The predicted octanol–water partition coefficient (Wildman–Crippen LogP) is 6.80. The maximum absolute atomic E-state index is 13.6. The van der Waals surface area contributed by atoms with E-state index in [1.54, 1.807) is 7.11 Å².